The second kappa shape index (κ2) is 6.25. The van der Waals surface area contributed by atoms with Crippen LogP contribution in [0.2, 0.25) is 0 Å². The van der Waals surface area contributed by atoms with Crippen LogP contribution >= 0.6 is 0 Å². The van der Waals surface area contributed by atoms with Crippen molar-refractivity contribution in [1.29, 1.82) is 0 Å². The molecule has 1 atom stereocenters. The lowest BCUT2D eigenvalue weighted by molar-refractivity contribution is -0.442. The van der Waals surface area contributed by atoms with E-state index in [1.165, 1.54) is 0 Å². The highest BCUT2D eigenvalue weighted by Gasteiger charge is 2.91. The molecule has 158 valence electrons. The Bertz CT molecular complexity index is 626. The van der Waals surface area contributed by atoms with Crippen molar-refractivity contribution in [2.75, 3.05) is 0 Å². The van der Waals surface area contributed by atoms with Crippen LogP contribution in [0.1, 0.15) is 6.92 Å². The summed E-state index contributed by atoms with van der Waals surface area (Å²) in [6, 6.07) is -6.79. The molecule has 0 saturated carbocycles. The van der Waals surface area contributed by atoms with Gasteiger partial charge in [-0.1, -0.05) is 0 Å². The highest BCUT2D eigenvalue weighted by Crippen LogP contribution is 2.59. The van der Waals surface area contributed by atoms with Gasteiger partial charge in [0.1, 0.15) is 5.37 Å². The Balaban J connectivity index is 6.25. The van der Waals surface area contributed by atoms with E-state index >= 15 is 0 Å². The second-order valence-electron chi connectivity index (χ2n) is 4.67. The summed E-state index contributed by atoms with van der Waals surface area (Å²) in [6.45, 7) is -0.0834. The first-order chi connectivity index (χ1) is 10.9. The predicted molar refractivity (Wildman–Crippen MR) is 54.9 cm³/mol. The van der Waals surface area contributed by atoms with Gasteiger partial charge in [0, 0.05) is 0 Å². The van der Waals surface area contributed by atoms with Gasteiger partial charge in [0.15, 0.2) is 0 Å². The van der Waals surface area contributed by atoms with Crippen molar-refractivity contribution < 1.29 is 70.0 Å². The van der Waals surface area contributed by atoms with Crippen molar-refractivity contribution in [3.63, 3.8) is 0 Å². The molecule has 0 radical (unpaired) electrons. The number of hydrogen-bond donors (Lipinski definition) is 2. The third-order valence-electron chi connectivity index (χ3n) is 2.76. The van der Waals surface area contributed by atoms with Crippen LogP contribution in [0.3, 0.4) is 0 Å². The highest BCUT2D eigenvalue weighted by molar-refractivity contribution is 7.86. The van der Waals surface area contributed by atoms with Crippen LogP contribution in [0.4, 0.5) is 57.1 Å². The van der Waals surface area contributed by atoms with Crippen LogP contribution in [-0.2, 0) is 10.1 Å². The number of halogens is 13. The number of alkyl halides is 13. The Kier molecular flexibility index (Phi) is 6.00. The fourth-order valence-corrected chi connectivity index (χ4v) is 1.49. The zero-order valence-corrected chi connectivity index (χ0v) is 12.5. The summed E-state index contributed by atoms with van der Waals surface area (Å²) in [6.07, 6.45) is -7.54. The molecular formula is C8H6F13NO3S. The molecule has 0 aliphatic rings. The Morgan fingerprint density at radius 1 is 0.692 bits per heavy atom. The van der Waals surface area contributed by atoms with Gasteiger partial charge in [-0.2, -0.15) is 65.5 Å². The van der Waals surface area contributed by atoms with Crippen LogP contribution in [-0.4, -0.2) is 54.3 Å². The summed E-state index contributed by atoms with van der Waals surface area (Å²) in [5, 5.41) is -3.50. The monoisotopic (exact) mass is 443 g/mol. The van der Waals surface area contributed by atoms with Gasteiger partial charge in [0.2, 0.25) is 0 Å². The molecular weight excluding hydrogens is 437 g/mol. The fourth-order valence-electron chi connectivity index (χ4n) is 1.19. The largest absolute Gasteiger partial charge is 0.460 e. The SMILES string of the molecule is CC(NC(F)(F)C(F)(F)C(F)(F)C(F)(F)C(F)(F)C(F)(F)F)S(=O)(=O)O. The first-order valence-electron chi connectivity index (χ1n) is 5.57. The minimum Gasteiger partial charge on any atom is -0.284 e. The number of rotatable bonds is 7. The van der Waals surface area contributed by atoms with Gasteiger partial charge >= 0.3 is 35.9 Å². The predicted octanol–water partition coefficient (Wildman–Crippen LogP) is 3.51. The summed E-state index contributed by atoms with van der Waals surface area (Å²) >= 11 is 0. The van der Waals surface area contributed by atoms with Crippen LogP contribution in [0.15, 0.2) is 0 Å². The smallest absolute Gasteiger partial charge is 0.284 e. The standard InChI is InChI=1S/C8H6F13NO3S/c1-2(26(23,24)25)22-8(20,21)6(15,16)4(11,12)3(9,10)5(13,14)7(17,18)19/h2,22H,1H3,(H,23,24,25). The van der Waals surface area contributed by atoms with Crippen molar-refractivity contribution in [3.8, 4) is 0 Å². The minimum atomic E-state index is -8.09. The van der Waals surface area contributed by atoms with E-state index in [1.54, 1.807) is 0 Å². The first-order valence-corrected chi connectivity index (χ1v) is 7.08. The molecule has 0 aliphatic carbocycles. The molecule has 26 heavy (non-hydrogen) atoms. The van der Waals surface area contributed by atoms with Gasteiger partial charge < -0.3 is 0 Å². The molecule has 0 heterocycles. The maximum Gasteiger partial charge on any atom is 0.460 e. The third-order valence-corrected chi connectivity index (χ3v) is 3.78. The van der Waals surface area contributed by atoms with Gasteiger partial charge in [-0.15, -0.1) is 0 Å². The summed E-state index contributed by atoms with van der Waals surface area (Å²) in [7, 11) is -5.71. The van der Waals surface area contributed by atoms with Crippen LogP contribution in [0.5, 0.6) is 0 Å². The lowest BCUT2D eigenvalue weighted by Gasteiger charge is -2.40. The molecule has 0 bridgehead atoms. The molecule has 0 rings (SSSR count). The molecule has 0 saturated heterocycles. The Labute approximate surface area is 135 Å². The molecule has 0 amide bonds. The van der Waals surface area contributed by atoms with Crippen molar-refractivity contribution in [1.82, 2.24) is 5.32 Å². The summed E-state index contributed by atoms with van der Waals surface area (Å²) in [4.78, 5) is 0. The Morgan fingerprint density at radius 2 is 1.00 bits per heavy atom. The average Bonchev–Trinajstić information content (AvgIpc) is 2.34. The number of hydrogen-bond acceptors (Lipinski definition) is 3. The molecule has 0 aliphatic heterocycles. The van der Waals surface area contributed by atoms with Crippen molar-refractivity contribution in [2.24, 2.45) is 0 Å². The summed E-state index contributed by atoms with van der Waals surface area (Å²) in [5.41, 5.74) is 0. The van der Waals surface area contributed by atoms with E-state index in [4.69, 9.17) is 4.55 Å². The molecule has 0 aromatic heterocycles. The Hall–Kier alpha value is -1.04. The van der Waals surface area contributed by atoms with Crippen LogP contribution in [0, 0.1) is 0 Å². The second-order valence-corrected chi connectivity index (χ2v) is 6.41. The van der Waals surface area contributed by atoms with E-state index in [2.05, 4.69) is 0 Å². The van der Waals surface area contributed by atoms with Gasteiger partial charge in [-0.05, 0) is 6.92 Å². The number of nitrogens with one attached hydrogen (secondary N) is 1. The quantitative estimate of drug-likeness (QED) is 0.359. The molecule has 0 fully saturated rings. The van der Waals surface area contributed by atoms with Crippen molar-refractivity contribution in [2.45, 2.75) is 48.2 Å². The topological polar surface area (TPSA) is 66.4 Å². The molecule has 0 aromatic rings. The third kappa shape index (κ3) is 3.67. The fraction of sp³-hybridized carbons (Fsp3) is 1.00. The zero-order chi connectivity index (χ0) is 21.8. The first kappa shape index (κ1) is 25.0. The van der Waals surface area contributed by atoms with E-state index in [-0.39, 0.29) is 12.2 Å². The van der Waals surface area contributed by atoms with Gasteiger partial charge in [-0.25, -0.2) is 5.32 Å². The molecule has 2 N–H and O–H groups in total. The summed E-state index contributed by atoms with van der Waals surface area (Å²) < 4.78 is 194. The lowest BCUT2D eigenvalue weighted by atomic mass is 9.96. The van der Waals surface area contributed by atoms with E-state index in [9.17, 15) is 65.5 Å². The van der Waals surface area contributed by atoms with E-state index < -0.39 is 51.4 Å². The average molecular weight is 443 g/mol. The van der Waals surface area contributed by atoms with E-state index in [0.29, 0.717) is 0 Å². The van der Waals surface area contributed by atoms with Gasteiger partial charge in [-0.3, -0.25) is 4.55 Å². The molecule has 4 nitrogen and oxygen atoms in total. The lowest BCUT2D eigenvalue weighted by Crippen LogP contribution is -2.73. The van der Waals surface area contributed by atoms with Crippen LogP contribution < -0.4 is 5.32 Å². The Morgan fingerprint density at radius 3 is 1.27 bits per heavy atom. The molecule has 0 spiro atoms. The molecule has 0 aromatic carbocycles. The maximum absolute atomic E-state index is 13.1. The van der Waals surface area contributed by atoms with E-state index in [1.807, 2.05) is 0 Å². The van der Waals surface area contributed by atoms with Crippen LogP contribution in [0.25, 0.3) is 0 Å². The van der Waals surface area contributed by atoms with Crippen molar-refractivity contribution in [3.05, 3.63) is 0 Å². The van der Waals surface area contributed by atoms with Crippen molar-refractivity contribution >= 4 is 10.1 Å². The molecule has 18 heteroatoms. The van der Waals surface area contributed by atoms with Gasteiger partial charge in [0.25, 0.3) is 10.1 Å². The normalized spacial score (nSPS) is 17.3. The maximum atomic E-state index is 13.1. The zero-order valence-electron chi connectivity index (χ0n) is 11.7. The van der Waals surface area contributed by atoms with Gasteiger partial charge in [0.05, 0.1) is 0 Å². The minimum absolute atomic E-state index is 0.0834. The highest BCUT2D eigenvalue weighted by atomic mass is 32.2. The van der Waals surface area contributed by atoms with E-state index in [0.717, 1.165) is 0 Å². The molecule has 1 unspecified atom stereocenters. The summed E-state index contributed by atoms with van der Waals surface area (Å²) in [5.74, 6) is -31.7.